The summed E-state index contributed by atoms with van der Waals surface area (Å²) < 4.78 is 12.8. The minimum absolute atomic E-state index is 0.207. The fraction of sp³-hybridized carbons (Fsp3) is 0.273. The summed E-state index contributed by atoms with van der Waals surface area (Å²) in [6.45, 7) is 7.28. The zero-order chi connectivity index (χ0) is 20.8. The van der Waals surface area contributed by atoms with Crippen molar-refractivity contribution in [2.75, 3.05) is 26.2 Å². The number of allylic oxidation sites excluding steroid dienone is 1. The molecule has 0 fully saturated rings. The molecule has 0 amide bonds. The second-order valence-corrected chi connectivity index (χ2v) is 8.27. The summed E-state index contributed by atoms with van der Waals surface area (Å²) in [4.78, 5) is 26.3. The van der Waals surface area contributed by atoms with E-state index in [9.17, 15) is 9.59 Å². The number of benzene rings is 2. The van der Waals surface area contributed by atoms with Crippen LogP contribution in [0.1, 0.15) is 29.8 Å². The Balaban J connectivity index is 1.86. The first-order valence-electron chi connectivity index (χ1n) is 9.41. The average molecular weight is 476 g/mol. The second kappa shape index (κ2) is 10.0. The van der Waals surface area contributed by atoms with E-state index in [2.05, 4.69) is 34.7 Å². The van der Waals surface area contributed by atoms with Gasteiger partial charge in [0.05, 0.1) is 10.3 Å². The lowest BCUT2D eigenvalue weighted by atomic mass is 10.1. The highest BCUT2D eigenvalue weighted by Crippen LogP contribution is 2.29. The number of carbonyl (C=O) groups is 1. The monoisotopic (exact) mass is 475 g/mol. The maximum atomic E-state index is 12.9. The van der Waals surface area contributed by atoms with Gasteiger partial charge in [0.2, 0.25) is 0 Å². The van der Waals surface area contributed by atoms with Crippen molar-refractivity contribution in [3.63, 3.8) is 0 Å². The standard InChI is InChI=1S/C22H22BrNO4S/c1-3-24(4-2)11-12-27-19-14-21-20(28-22(26)29-21)13-17(19)18(25)10-7-15-5-8-16(23)9-6-15/h5-10,13-14H,3-4,11-12H2,1-2H3/b10-7+. The number of likely N-dealkylation sites (N-methyl/N-ethyl adjacent to an activating group) is 1. The van der Waals surface area contributed by atoms with Gasteiger partial charge in [0.1, 0.15) is 12.4 Å². The lowest BCUT2D eigenvalue weighted by Gasteiger charge is -2.18. The van der Waals surface area contributed by atoms with E-state index in [-0.39, 0.29) is 5.78 Å². The SMILES string of the molecule is CCN(CC)CCOc1cc2sc(=O)oc2cc1C(=O)/C=C/c1ccc(Br)cc1. The number of fused-ring (bicyclic) bond motifs is 1. The van der Waals surface area contributed by atoms with Crippen molar-refractivity contribution in [1.82, 2.24) is 4.90 Å². The molecule has 0 aliphatic heterocycles. The highest BCUT2D eigenvalue weighted by Gasteiger charge is 2.15. The van der Waals surface area contributed by atoms with Crippen LogP contribution >= 0.6 is 27.3 Å². The van der Waals surface area contributed by atoms with Gasteiger partial charge >= 0.3 is 4.94 Å². The average Bonchev–Trinajstić information content (AvgIpc) is 3.09. The third-order valence-corrected chi connectivity index (χ3v) is 5.87. The van der Waals surface area contributed by atoms with Gasteiger partial charge in [-0.05, 0) is 42.9 Å². The van der Waals surface area contributed by atoms with E-state index in [0.717, 1.165) is 41.0 Å². The highest BCUT2D eigenvalue weighted by molar-refractivity contribution is 9.10. The number of hydrogen-bond acceptors (Lipinski definition) is 6. The van der Waals surface area contributed by atoms with Crippen molar-refractivity contribution in [3.05, 3.63) is 67.8 Å². The maximum absolute atomic E-state index is 12.9. The largest absolute Gasteiger partial charge is 0.491 e. The van der Waals surface area contributed by atoms with Crippen LogP contribution in [-0.4, -0.2) is 36.9 Å². The van der Waals surface area contributed by atoms with Gasteiger partial charge in [0.25, 0.3) is 0 Å². The van der Waals surface area contributed by atoms with Gasteiger partial charge in [-0.15, -0.1) is 0 Å². The number of rotatable bonds is 9. The molecule has 0 radical (unpaired) electrons. The minimum atomic E-state index is -0.399. The van der Waals surface area contributed by atoms with Crippen LogP contribution < -0.4 is 9.68 Å². The van der Waals surface area contributed by atoms with Crippen LogP contribution in [0, 0.1) is 0 Å². The molecule has 0 spiro atoms. The molecule has 3 aromatic rings. The van der Waals surface area contributed by atoms with Crippen LogP contribution in [0.15, 0.2) is 56.2 Å². The minimum Gasteiger partial charge on any atom is -0.491 e. The maximum Gasteiger partial charge on any atom is 0.396 e. The van der Waals surface area contributed by atoms with Crippen LogP contribution in [0.5, 0.6) is 5.75 Å². The Labute approximate surface area is 181 Å². The van der Waals surface area contributed by atoms with Gasteiger partial charge < -0.3 is 14.1 Å². The fourth-order valence-corrected chi connectivity index (χ4v) is 3.82. The molecule has 0 saturated heterocycles. The summed E-state index contributed by atoms with van der Waals surface area (Å²) >= 11 is 4.40. The molecule has 152 valence electrons. The van der Waals surface area contributed by atoms with Crippen LogP contribution in [0.4, 0.5) is 0 Å². The predicted molar refractivity (Wildman–Crippen MR) is 121 cm³/mol. The van der Waals surface area contributed by atoms with E-state index in [4.69, 9.17) is 9.15 Å². The molecule has 0 aliphatic carbocycles. The molecule has 5 nitrogen and oxygen atoms in total. The Hall–Kier alpha value is -2.22. The van der Waals surface area contributed by atoms with Crippen LogP contribution in [0.3, 0.4) is 0 Å². The van der Waals surface area contributed by atoms with Crippen LogP contribution in [0.25, 0.3) is 16.4 Å². The van der Waals surface area contributed by atoms with E-state index in [0.29, 0.717) is 28.2 Å². The number of carbonyl (C=O) groups excluding carboxylic acids is 1. The number of ketones is 1. The summed E-state index contributed by atoms with van der Waals surface area (Å²) in [6, 6.07) is 11.0. The Morgan fingerprint density at radius 1 is 1.21 bits per heavy atom. The van der Waals surface area contributed by atoms with E-state index < -0.39 is 4.94 Å². The van der Waals surface area contributed by atoms with Crippen molar-refractivity contribution in [1.29, 1.82) is 0 Å². The summed E-state index contributed by atoms with van der Waals surface area (Å²) in [7, 11) is 0. The molecule has 1 heterocycles. The quantitative estimate of drug-likeness (QED) is 0.313. The molecule has 29 heavy (non-hydrogen) atoms. The third-order valence-electron chi connectivity index (χ3n) is 4.55. The summed E-state index contributed by atoms with van der Waals surface area (Å²) in [5.74, 6) is 0.258. The molecule has 2 aromatic carbocycles. The van der Waals surface area contributed by atoms with E-state index in [1.807, 2.05) is 24.3 Å². The normalized spacial score (nSPS) is 11.6. The Bertz CT molecular complexity index is 1060. The van der Waals surface area contributed by atoms with Gasteiger partial charge in [0.15, 0.2) is 11.4 Å². The zero-order valence-corrected chi connectivity index (χ0v) is 18.7. The molecule has 1 aromatic heterocycles. The summed E-state index contributed by atoms with van der Waals surface area (Å²) in [5.41, 5.74) is 1.69. The first-order valence-corrected chi connectivity index (χ1v) is 11.0. The lowest BCUT2D eigenvalue weighted by Crippen LogP contribution is -2.28. The van der Waals surface area contributed by atoms with Crippen molar-refractivity contribution in [2.45, 2.75) is 13.8 Å². The van der Waals surface area contributed by atoms with E-state index in [1.165, 1.54) is 6.08 Å². The van der Waals surface area contributed by atoms with E-state index >= 15 is 0 Å². The second-order valence-electron chi connectivity index (χ2n) is 6.37. The van der Waals surface area contributed by atoms with Gasteiger partial charge in [-0.25, -0.2) is 4.79 Å². The zero-order valence-electron chi connectivity index (χ0n) is 16.3. The Morgan fingerprint density at radius 2 is 1.93 bits per heavy atom. The lowest BCUT2D eigenvalue weighted by molar-refractivity contribution is 0.104. The molecule has 0 saturated carbocycles. The Kier molecular flexibility index (Phi) is 7.41. The molecule has 7 heteroatoms. The number of nitrogens with zero attached hydrogens (tertiary/aromatic N) is 1. The van der Waals surface area contributed by atoms with Crippen LogP contribution in [-0.2, 0) is 0 Å². The van der Waals surface area contributed by atoms with Crippen LogP contribution in [0.2, 0.25) is 0 Å². The van der Waals surface area contributed by atoms with Gasteiger partial charge in [-0.3, -0.25) is 4.79 Å². The van der Waals surface area contributed by atoms with Crippen molar-refractivity contribution in [2.24, 2.45) is 0 Å². The first-order chi connectivity index (χ1) is 14.0. The van der Waals surface area contributed by atoms with Crippen molar-refractivity contribution >= 4 is 49.4 Å². The number of hydrogen-bond donors (Lipinski definition) is 0. The van der Waals surface area contributed by atoms with Crippen molar-refractivity contribution < 1.29 is 13.9 Å². The fourth-order valence-electron chi connectivity index (χ4n) is 2.87. The number of ether oxygens (including phenoxy) is 1. The number of halogens is 1. The molecule has 0 aliphatic rings. The van der Waals surface area contributed by atoms with Gasteiger partial charge in [-0.1, -0.05) is 59.3 Å². The van der Waals surface area contributed by atoms with Gasteiger partial charge in [0, 0.05) is 17.1 Å². The molecule has 3 rings (SSSR count). The highest BCUT2D eigenvalue weighted by atomic mass is 79.9. The molecule has 0 atom stereocenters. The third kappa shape index (κ3) is 5.65. The molecule has 0 unspecified atom stereocenters. The predicted octanol–water partition coefficient (Wildman–Crippen LogP) is 5.23. The van der Waals surface area contributed by atoms with Crippen molar-refractivity contribution in [3.8, 4) is 5.75 Å². The summed E-state index contributed by atoms with van der Waals surface area (Å²) in [5, 5.41) is 0. The summed E-state index contributed by atoms with van der Waals surface area (Å²) in [6.07, 6.45) is 3.26. The molecular formula is C22H22BrNO4S. The topological polar surface area (TPSA) is 59.8 Å². The van der Waals surface area contributed by atoms with Gasteiger partial charge in [-0.2, -0.15) is 0 Å². The molecular weight excluding hydrogens is 454 g/mol. The molecule has 0 bridgehead atoms. The smallest absolute Gasteiger partial charge is 0.396 e. The first kappa shape index (κ1) is 21.5. The molecule has 0 N–H and O–H groups in total. The Morgan fingerprint density at radius 3 is 2.62 bits per heavy atom. The van der Waals surface area contributed by atoms with E-state index in [1.54, 1.807) is 18.2 Å².